The van der Waals surface area contributed by atoms with E-state index in [2.05, 4.69) is 33.6 Å². The minimum atomic E-state index is -0.973. The highest BCUT2D eigenvalue weighted by Gasteiger charge is 2.20. The molecule has 0 saturated carbocycles. The molecule has 0 amide bonds. The fraction of sp³-hybridized carbons (Fsp3) is 0.500. The normalized spacial score (nSPS) is 17.1. The van der Waals surface area contributed by atoms with Gasteiger partial charge in [-0.1, -0.05) is 0 Å². The zero-order valence-electron chi connectivity index (χ0n) is 11.9. The molecule has 1 aliphatic rings. The zero-order chi connectivity index (χ0) is 14.5. The van der Waals surface area contributed by atoms with Crippen LogP contribution in [0.15, 0.2) is 18.5 Å². The van der Waals surface area contributed by atoms with Gasteiger partial charge in [-0.15, -0.1) is 0 Å². The number of carboxylic acid groups (broad SMARTS) is 1. The number of piperazine rings is 1. The molecule has 0 bridgehead atoms. The summed E-state index contributed by atoms with van der Waals surface area (Å²) in [4.78, 5) is 23.6. The molecule has 6 nitrogen and oxygen atoms in total. The van der Waals surface area contributed by atoms with Gasteiger partial charge in [0.25, 0.3) is 0 Å². The largest absolute Gasteiger partial charge is 0.478 e. The first-order chi connectivity index (χ1) is 9.56. The van der Waals surface area contributed by atoms with Crippen LogP contribution in [0.3, 0.4) is 0 Å². The summed E-state index contributed by atoms with van der Waals surface area (Å²) >= 11 is 0. The molecule has 0 aliphatic carbocycles. The fourth-order valence-corrected chi connectivity index (χ4v) is 2.19. The summed E-state index contributed by atoms with van der Waals surface area (Å²) in [6, 6.07) is 0.571. The predicted molar refractivity (Wildman–Crippen MR) is 77.6 cm³/mol. The van der Waals surface area contributed by atoms with Crippen molar-refractivity contribution < 1.29 is 9.90 Å². The Bertz CT molecular complexity index is 476. The van der Waals surface area contributed by atoms with Crippen molar-refractivity contribution in [3.63, 3.8) is 0 Å². The van der Waals surface area contributed by atoms with Crippen LogP contribution in [0.5, 0.6) is 0 Å². The van der Waals surface area contributed by atoms with Crippen molar-refractivity contribution in [3.8, 4) is 0 Å². The second kappa shape index (κ2) is 6.47. The third-order valence-corrected chi connectivity index (χ3v) is 3.40. The van der Waals surface area contributed by atoms with Crippen LogP contribution in [0.4, 0.5) is 5.95 Å². The molecule has 1 aromatic rings. The van der Waals surface area contributed by atoms with Gasteiger partial charge in [-0.25, -0.2) is 14.8 Å². The van der Waals surface area contributed by atoms with Gasteiger partial charge >= 0.3 is 5.97 Å². The highest BCUT2D eigenvalue weighted by atomic mass is 16.4. The molecule has 1 N–H and O–H groups in total. The first-order valence-corrected chi connectivity index (χ1v) is 6.78. The molecule has 1 aliphatic heterocycles. The van der Waals surface area contributed by atoms with Gasteiger partial charge < -0.3 is 10.0 Å². The van der Waals surface area contributed by atoms with Crippen LogP contribution in [-0.2, 0) is 4.79 Å². The van der Waals surface area contributed by atoms with Crippen molar-refractivity contribution in [3.05, 3.63) is 24.0 Å². The third-order valence-electron chi connectivity index (χ3n) is 3.40. The lowest BCUT2D eigenvalue weighted by Gasteiger charge is -2.36. The van der Waals surface area contributed by atoms with Gasteiger partial charge in [-0.2, -0.15) is 0 Å². The van der Waals surface area contributed by atoms with E-state index in [9.17, 15) is 4.79 Å². The second-order valence-electron chi connectivity index (χ2n) is 5.10. The van der Waals surface area contributed by atoms with E-state index < -0.39 is 5.97 Å². The Morgan fingerprint density at radius 3 is 2.35 bits per heavy atom. The van der Waals surface area contributed by atoms with Crippen molar-refractivity contribution in [2.45, 2.75) is 19.9 Å². The quantitative estimate of drug-likeness (QED) is 0.831. The standard InChI is InChI=1S/C14H20N4O2/c1-11(2)17-5-7-18(8-6-17)14-15-9-12(10-16-14)3-4-13(19)20/h3-4,9-11H,5-8H2,1-2H3,(H,19,20)/b4-3+. The maximum Gasteiger partial charge on any atom is 0.328 e. The lowest BCUT2D eigenvalue weighted by atomic mass is 10.2. The van der Waals surface area contributed by atoms with Gasteiger partial charge in [0.15, 0.2) is 0 Å². The van der Waals surface area contributed by atoms with E-state index in [1.165, 1.54) is 6.08 Å². The number of carboxylic acids is 1. The molecule has 2 heterocycles. The highest BCUT2D eigenvalue weighted by Crippen LogP contribution is 2.12. The van der Waals surface area contributed by atoms with E-state index in [-0.39, 0.29) is 0 Å². The van der Waals surface area contributed by atoms with Crippen LogP contribution in [0.25, 0.3) is 6.08 Å². The SMILES string of the molecule is CC(C)N1CCN(c2ncc(/C=C/C(=O)O)cn2)CC1. The van der Waals surface area contributed by atoms with Gasteiger partial charge in [0.1, 0.15) is 0 Å². The van der Waals surface area contributed by atoms with Crippen molar-refractivity contribution in [2.75, 3.05) is 31.1 Å². The van der Waals surface area contributed by atoms with E-state index in [4.69, 9.17) is 5.11 Å². The van der Waals surface area contributed by atoms with Crippen LogP contribution in [0.2, 0.25) is 0 Å². The highest BCUT2D eigenvalue weighted by molar-refractivity contribution is 5.85. The summed E-state index contributed by atoms with van der Waals surface area (Å²) in [5.74, 6) is -0.264. The molecule has 2 rings (SSSR count). The molecule has 1 fully saturated rings. The number of anilines is 1. The van der Waals surface area contributed by atoms with Crippen LogP contribution in [0, 0.1) is 0 Å². The number of hydrogen-bond acceptors (Lipinski definition) is 5. The Labute approximate surface area is 118 Å². The van der Waals surface area contributed by atoms with E-state index in [1.54, 1.807) is 12.4 Å². The average molecular weight is 276 g/mol. The first kappa shape index (κ1) is 14.5. The molecule has 0 spiro atoms. The van der Waals surface area contributed by atoms with E-state index in [0.717, 1.165) is 32.3 Å². The van der Waals surface area contributed by atoms with Crippen LogP contribution in [0.1, 0.15) is 19.4 Å². The lowest BCUT2D eigenvalue weighted by molar-refractivity contribution is -0.131. The summed E-state index contributed by atoms with van der Waals surface area (Å²) in [5.41, 5.74) is 0.692. The molecule has 0 aromatic carbocycles. The molecule has 6 heteroatoms. The van der Waals surface area contributed by atoms with Gasteiger partial charge in [-0.3, -0.25) is 4.90 Å². The van der Waals surface area contributed by atoms with Crippen molar-refractivity contribution in [2.24, 2.45) is 0 Å². The Balaban J connectivity index is 1.96. The first-order valence-electron chi connectivity index (χ1n) is 6.78. The number of aromatic nitrogens is 2. The van der Waals surface area contributed by atoms with Gasteiger partial charge in [0, 0.05) is 56.3 Å². The molecule has 108 valence electrons. The Hall–Kier alpha value is -1.95. The maximum absolute atomic E-state index is 10.4. The van der Waals surface area contributed by atoms with Crippen molar-refractivity contribution in [1.29, 1.82) is 0 Å². The minimum Gasteiger partial charge on any atom is -0.478 e. The predicted octanol–water partition coefficient (Wildman–Crippen LogP) is 1.10. The summed E-state index contributed by atoms with van der Waals surface area (Å²) in [7, 11) is 0. The molecular formula is C14H20N4O2. The number of hydrogen-bond donors (Lipinski definition) is 1. The summed E-state index contributed by atoms with van der Waals surface area (Å²) < 4.78 is 0. The topological polar surface area (TPSA) is 69.6 Å². The molecule has 1 aromatic heterocycles. The maximum atomic E-state index is 10.4. The molecular weight excluding hydrogens is 256 g/mol. The molecule has 0 unspecified atom stereocenters. The summed E-state index contributed by atoms with van der Waals surface area (Å²) in [5, 5.41) is 8.56. The Morgan fingerprint density at radius 1 is 1.25 bits per heavy atom. The van der Waals surface area contributed by atoms with Crippen LogP contribution in [-0.4, -0.2) is 58.2 Å². The molecule has 0 radical (unpaired) electrons. The lowest BCUT2D eigenvalue weighted by Crippen LogP contribution is -2.49. The zero-order valence-corrected chi connectivity index (χ0v) is 11.9. The van der Waals surface area contributed by atoms with Gasteiger partial charge in [-0.05, 0) is 19.9 Å². The minimum absolute atomic E-state index is 0.571. The fourth-order valence-electron chi connectivity index (χ4n) is 2.19. The molecule has 20 heavy (non-hydrogen) atoms. The van der Waals surface area contributed by atoms with Crippen molar-refractivity contribution >= 4 is 18.0 Å². The monoisotopic (exact) mass is 276 g/mol. The summed E-state index contributed by atoms with van der Waals surface area (Å²) in [6.45, 7) is 8.28. The number of nitrogens with zero attached hydrogens (tertiary/aromatic N) is 4. The van der Waals surface area contributed by atoms with Crippen LogP contribution >= 0.6 is 0 Å². The Kier molecular flexibility index (Phi) is 4.68. The van der Waals surface area contributed by atoms with Gasteiger partial charge in [0.05, 0.1) is 0 Å². The van der Waals surface area contributed by atoms with Gasteiger partial charge in [0.2, 0.25) is 5.95 Å². The smallest absolute Gasteiger partial charge is 0.328 e. The number of aliphatic carboxylic acids is 1. The Morgan fingerprint density at radius 2 is 1.85 bits per heavy atom. The van der Waals surface area contributed by atoms with Crippen molar-refractivity contribution in [1.82, 2.24) is 14.9 Å². The molecule has 0 atom stereocenters. The van der Waals surface area contributed by atoms with E-state index >= 15 is 0 Å². The number of carbonyl (C=O) groups is 1. The van der Waals surface area contributed by atoms with E-state index in [1.807, 2.05) is 0 Å². The summed E-state index contributed by atoms with van der Waals surface area (Å²) in [6.07, 6.45) is 5.87. The molecule has 1 saturated heterocycles. The van der Waals surface area contributed by atoms with E-state index in [0.29, 0.717) is 17.6 Å². The second-order valence-corrected chi connectivity index (χ2v) is 5.10. The number of rotatable bonds is 4. The third kappa shape index (κ3) is 3.77. The van der Waals surface area contributed by atoms with Crippen LogP contribution < -0.4 is 4.90 Å². The average Bonchev–Trinajstić information content (AvgIpc) is 2.46.